The maximum Gasteiger partial charge on any atom is 0.184 e. The molecule has 0 amide bonds. The summed E-state index contributed by atoms with van der Waals surface area (Å²) in [5.74, 6) is 0.282. The molecule has 82 valence electrons. The molecule has 0 saturated heterocycles. The molecule has 0 fully saturated rings. The number of rotatable bonds is 5. The SMILES string of the molecule is CCCC(C)C(=O)c1ncccc1CC. The van der Waals surface area contributed by atoms with Crippen molar-refractivity contribution in [2.75, 3.05) is 0 Å². The highest BCUT2D eigenvalue weighted by Crippen LogP contribution is 2.15. The van der Waals surface area contributed by atoms with E-state index in [0.717, 1.165) is 24.8 Å². The minimum absolute atomic E-state index is 0.0928. The van der Waals surface area contributed by atoms with Crippen LogP contribution < -0.4 is 0 Å². The van der Waals surface area contributed by atoms with Crippen molar-refractivity contribution >= 4 is 5.78 Å². The molecule has 2 heteroatoms. The normalized spacial score (nSPS) is 12.5. The van der Waals surface area contributed by atoms with Crippen LogP contribution in [0.5, 0.6) is 0 Å². The summed E-state index contributed by atoms with van der Waals surface area (Å²) in [4.78, 5) is 16.3. The molecule has 0 N–H and O–H groups in total. The molecule has 1 aromatic rings. The number of hydrogen-bond donors (Lipinski definition) is 0. The van der Waals surface area contributed by atoms with Gasteiger partial charge in [0.1, 0.15) is 5.69 Å². The lowest BCUT2D eigenvalue weighted by molar-refractivity contribution is 0.0917. The number of Topliss-reactive ketones (excluding diaryl/α,β-unsaturated/α-hetero) is 1. The van der Waals surface area contributed by atoms with Crippen molar-refractivity contribution in [1.82, 2.24) is 4.98 Å². The van der Waals surface area contributed by atoms with Crippen molar-refractivity contribution in [1.29, 1.82) is 0 Å². The maximum atomic E-state index is 12.1. The van der Waals surface area contributed by atoms with Crippen LogP contribution in [-0.4, -0.2) is 10.8 Å². The Kier molecular flexibility index (Phi) is 4.47. The van der Waals surface area contributed by atoms with Gasteiger partial charge in [-0.2, -0.15) is 0 Å². The van der Waals surface area contributed by atoms with Gasteiger partial charge in [0.2, 0.25) is 0 Å². The van der Waals surface area contributed by atoms with E-state index in [0.29, 0.717) is 5.69 Å². The Morgan fingerprint density at radius 3 is 2.80 bits per heavy atom. The minimum Gasteiger partial charge on any atom is -0.292 e. The standard InChI is InChI=1S/C13H19NO/c1-4-7-10(3)13(15)12-11(5-2)8-6-9-14-12/h6,8-10H,4-5,7H2,1-3H3. The van der Waals surface area contributed by atoms with Crippen molar-refractivity contribution in [3.63, 3.8) is 0 Å². The predicted octanol–water partition coefficient (Wildman–Crippen LogP) is 3.26. The van der Waals surface area contributed by atoms with Crippen LogP contribution in [0.4, 0.5) is 0 Å². The molecule has 1 heterocycles. The maximum absolute atomic E-state index is 12.1. The van der Waals surface area contributed by atoms with Gasteiger partial charge in [0.25, 0.3) is 0 Å². The lowest BCUT2D eigenvalue weighted by Crippen LogP contribution is -2.14. The highest BCUT2D eigenvalue weighted by atomic mass is 16.1. The van der Waals surface area contributed by atoms with E-state index in [1.54, 1.807) is 6.20 Å². The molecule has 0 radical (unpaired) electrons. The van der Waals surface area contributed by atoms with Crippen LogP contribution in [0.25, 0.3) is 0 Å². The number of aryl methyl sites for hydroxylation is 1. The van der Waals surface area contributed by atoms with Crippen molar-refractivity contribution in [3.8, 4) is 0 Å². The predicted molar refractivity (Wildman–Crippen MR) is 62.0 cm³/mol. The molecule has 0 aliphatic rings. The monoisotopic (exact) mass is 205 g/mol. The number of carbonyl (C=O) groups is 1. The molecule has 0 saturated carbocycles. The first kappa shape index (κ1) is 11.9. The zero-order chi connectivity index (χ0) is 11.3. The summed E-state index contributed by atoms with van der Waals surface area (Å²) in [7, 11) is 0. The molecule has 0 aliphatic carbocycles. The van der Waals surface area contributed by atoms with Gasteiger partial charge < -0.3 is 0 Å². The van der Waals surface area contributed by atoms with E-state index in [-0.39, 0.29) is 11.7 Å². The average molecular weight is 205 g/mol. The third kappa shape index (κ3) is 2.88. The van der Waals surface area contributed by atoms with E-state index in [1.165, 1.54) is 0 Å². The molecule has 0 aromatic carbocycles. The molecule has 15 heavy (non-hydrogen) atoms. The fraction of sp³-hybridized carbons (Fsp3) is 0.538. The summed E-state index contributed by atoms with van der Waals surface area (Å²) in [5.41, 5.74) is 1.73. The van der Waals surface area contributed by atoms with Crippen LogP contribution in [0, 0.1) is 5.92 Å². The minimum atomic E-state index is 0.0928. The molecular formula is C13H19NO. The van der Waals surface area contributed by atoms with Gasteiger partial charge in [-0.15, -0.1) is 0 Å². The first-order valence-electron chi connectivity index (χ1n) is 5.68. The highest BCUT2D eigenvalue weighted by molar-refractivity contribution is 5.97. The summed E-state index contributed by atoms with van der Waals surface area (Å²) in [6, 6.07) is 3.87. The molecule has 0 bridgehead atoms. The number of carbonyl (C=O) groups excluding carboxylic acids is 1. The van der Waals surface area contributed by atoms with Crippen LogP contribution >= 0.6 is 0 Å². The van der Waals surface area contributed by atoms with Gasteiger partial charge in [-0.1, -0.05) is 33.3 Å². The summed E-state index contributed by atoms with van der Waals surface area (Å²) in [5, 5.41) is 0. The van der Waals surface area contributed by atoms with Crippen molar-refractivity contribution in [3.05, 3.63) is 29.6 Å². The summed E-state index contributed by atoms with van der Waals surface area (Å²) in [6.07, 6.45) is 4.55. The van der Waals surface area contributed by atoms with E-state index < -0.39 is 0 Å². The van der Waals surface area contributed by atoms with Gasteiger partial charge >= 0.3 is 0 Å². The Balaban J connectivity index is 2.90. The van der Waals surface area contributed by atoms with Crippen LogP contribution in [0.1, 0.15) is 49.7 Å². The molecule has 1 rings (SSSR count). The van der Waals surface area contributed by atoms with Crippen LogP contribution in [0.2, 0.25) is 0 Å². The van der Waals surface area contributed by atoms with Gasteiger partial charge in [0.05, 0.1) is 0 Å². The Bertz CT molecular complexity index is 333. The average Bonchev–Trinajstić information content (AvgIpc) is 2.28. The van der Waals surface area contributed by atoms with Crippen molar-refractivity contribution in [2.24, 2.45) is 5.92 Å². The number of pyridine rings is 1. The van der Waals surface area contributed by atoms with Crippen molar-refractivity contribution < 1.29 is 4.79 Å². The van der Waals surface area contributed by atoms with Gasteiger partial charge in [0.15, 0.2) is 5.78 Å². The second-order valence-corrected chi connectivity index (χ2v) is 3.92. The third-order valence-corrected chi connectivity index (χ3v) is 2.67. The Morgan fingerprint density at radius 2 is 2.20 bits per heavy atom. The fourth-order valence-electron chi connectivity index (χ4n) is 1.74. The quantitative estimate of drug-likeness (QED) is 0.690. The van der Waals surface area contributed by atoms with Crippen molar-refractivity contribution in [2.45, 2.75) is 40.0 Å². The molecular weight excluding hydrogens is 186 g/mol. The van der Waals surface area contributed by atoms with E-state index >= 15 is 0 Å². The summed E-state index contributed by atoms with van der Waals surface area (Å²) in [6.45, 7) is 6.14. The zero-order valence-electron chi connectivity index (χ0n) is 9.79. The second kappa shape index (κ2) is 5.64. The van der Waals surface area contributed by atoms with Crippen LogP contribution in [0.3, 0.4) is 0 Å². The summed E-state index contributed by atoms with van der Waals surface area (Å²) < 4.78 is 0. The lowest BCUT2D eigenvalue weighted by atomic mass is 9.95. The number of nitrogens with zero attached hydrogens (tertiary/aromatic N) is 1. The number of hydrogen-bond acceptors (Lipinski definition) is 2. The zero-order valence-corrected chi connectivity index (χ0v) is 9.79. The topological polar surface area (TPSA) is 30.0 Å². The Labute approximate surface area is 91.7 Å². The van der Waals surface area contributed by atoms with Gasteiger partial charge in [-0.25, -0.2) is 0 Å². The first-order valence-corrected chi connectivity index (χ1v) is 5.68. The van der Waals surface area contributed by atoms with E-state index in [1.807, 2.05) is 19.1 Å². The smallest absolute Gasteiger partial charge is 0.184 e. The highest BCUT2D eigenvalue weighted by Gasteiger charge is 2.17. The first-order chi connectivity index (χ1) is 7.20. The van der Waals surface area contributed by atoms with Gasteiger partial charge in [0, 0.05) is 12.1 Å². The molecule has 1 unspecified atom stereocenters. The third-order valence-electron chi connectivity index (χ3n) is 2.67. The van der Waals surface area contributed by atoms with Gasteiger partial charge in [-0.05, 0) is 24.5 Å². The van der Waals surface area contributed by atoms with E-state index in [4.69, 9.17) is 0 Å². The summed E-state index contributed by atoms with van der Waals surface area (Å²) >= 11 is 0. The molecule has 0 aliphatic heterocycles. The van der Waals surface area contributed by atoms with E-state index in [9.17, 15) is 4.79 Å². The molecule has 1 atom stereocenters. The number of aromatic nitrogens is 1. The number of ketones is 1. The van der Waals surface area contributed by atoms with Gasteiger partial charge in [-0.3, -0.25) is 9.78 Å². The second-order valence-electron chi connectivity index (χ2n) is 3.92. The Morgan fingerprint density at radius 1 is 1.47 bits per heavy atom. The molecule has 2 nitrogen and oxygen atoms in total. The lowest BCUT2D eigenvalue weighted by Gasteiger charge is -2.10. The van der Waals surface area contributed by atoms with E-state index in [2.05, 4.69) is 18.8 Å². The Hall–Kier alpha value is -1.18. The van der Waals surface area contributed by atoms with Crippen LogP contribution in [-0.2, 0) is 6.42 Å². The largest absolute Gasteiger partial charge is 0.292 e. The fourth-order valence-corrected chi connectivity index (χ4v) is 1.74. The molecule has 1 aromatic heterocycles. The molecule has 0 spiro atoms. The van der Waals surface area contributed by atoms with Crippen LogP contribution in [0.15, 0.2) is 18.3 Å².